The van der Waals surface area contributed by atoms with Gasteiger partial charge in [0.15, 0.2) is 11.5 Å². The molecule has 0 spiro atoms. The molecule has 0 unspecified atom stereocenters. The second-order valence-corrected chi connectivity index (χ2v) is 11.7. The molecule has 1 aromatic carbocycles. The minimum atomic E-state index is -5.91. The van der Waals surface area contributed by atoms with Gasteiger partial charge in [0, 0.05) is 5.19 Å². The quantitative estimate of drug-likeness (QED) is 0.364. The van der Waals surface area contributed by atoms with Gasteiger partial charge >= 0.3 is 15.6 Å². The van der Waals surface area contributed by atoms with Gasteiger partial charge < -0.3 is 8.92 Å². The van der Waals surface area contributed by atoms with Crippen molar-refractivity contribution in [2.45, 2.75) is 25.1 Å². The highest BCUT2D eigenvalue weighted by molar-refractivity contribution is 7.88. The minimum absolute atomic E-state index is 0.185. The zero-order valence-electron chi connectivity index (χ0n) is 11.7. The highest BCUT2D eigenvalue weighted by atomic mass is 32.2. The van der Waals surface area contributed by atoms with Gasteiger partial charge in [0.2, 0.25) is 0 Å². The van der Waals surface area contributed by atoms with Crippen molar-refractivity contribution in [1.29, 1.82) is 0 Å². The van der Waals surface area contributed by atoms with Crippen LogP contribution in [-0.4, -0.2) is 29.1 Å². The van der Waals surface area contributed by atoms with Gasteiger partial charge in [-0.2, -0.15) is 21.6 Å². The molecule has 0 aromatic heterocycles. The van der Waals surface area contributed by atoms with E-state index in [1.807, 2.05) is 0 Å². The van der Waals surface area contributed by atoms with Crippen LogP contribution in [0.3, 0.4) is 0 Å². The van der Waals surface area contributed by atoms with Crippen LogP contribution < -0.4 is 14.1 Å². The third kappa shape index (κ3) is 3.67. The second kappa shape index (κ2) is 5.48. The van der Waals surface area contributed by atoms with Crippen molar-refractivity contribution in [3.63, 3.8) is 0 Å². The number of benzene rings is 1. The maximum atomic E-state index is 14.0. The number of hydrogen-bond acceptors (Lipinski definition) is 4. The second-order valence-electron chi connectivity index (χ2n) is 5.19. The van der Waals surface area contributed by atoms with Gasteiger partial charge in [0.25, 0.3) is 0 Å². The molecule has 0 aliphatic heterocycles. The molecule has 0 radical (unpaired) electrons. The van der Waals surface area contributed by atoms with E-state index in [1.54, 1.807) is 19.6 Å². The Morgan fingerprint density at radius 3 is 2.05 bits per heavy atom. The summed E-state index contributed by atoms with van der Waals surface area (Å²) in [6.45, 7) is 4.91. The average molecular weight is 346 g/mol. The third-order valence-electron chi connectivity index (χ3n) is 2.52. The van der Waals surface area contributed by atoms with Crippen molar-refractivity contribution in [1.82, 2.24) is 0 Å². The first-order chi connectivity index (χ1) is 9.31. The van der Waals surface area contributed by atoms with Crippen LogP contribution in [0.1, 0.15) is 0 Å². The molecule has 120 valence electrons. The molecule has 0 fully saturated rings. The summed E-state index contributed by atoms with van der Waals surface area (Å²) in [6, 6.07) is 2.01. The van der Waals surface area contributed by atoms with E-state index in [9.17, 15) is 26.0 Å². The number of methoxy groups -OCH3 is 1. The van der Waals surface area contributed by atoms with Crippen molar-refractivity contribution < 1.29 is 34.9 Å². The first-order valence-electron chi connectivity index (χ1n) is 5.69. The molecule has 10 heteroatoms. The predicted octanol–water partition coefficient (Wildman–Crippen LogP) is 2.61. The van der Waals surface area contributed by atoms with Crippen molar-refractivity contribution in [3.05, 3.63) is 17.9 Å². The summed E-state index contributed by atoms with van der Waals surface area (Å²) in [5, 5.41) is -0.185. The Bertz CT molecular complexity index is 635. The van der Waals surface area contributed by atoms with Gasteiger partial charge in [0.05, 0.1) is 15.2 Å². The highest BCUT2D eigenvalue weighted by Gasteiger charge is 2.49. The zero-order chi connectivity index (χ0) is 16.6. The SMILES string of the molecule is COc1ccc(F)c([Si](C)(C)C)c1OS(=O)(=O)C(F)(F)F. The molecule has 4 nitrogen and oxygen atoms in total. The summed E-state index contributed by atoms with van der Waals surface area (Å²) in [7, 11) is -7.33. The molecule has 0 saturated heterocycles. The minimum Gasteiger partial charge on any atom is -0.493 e. The molecule has 0 bridgehead atoms. The first kappa shape index (κ1) is 17.8. The lowest BCUT2D eigenvalue weighted by atomic mass is 10.3. The summed E-state index contributed by atoms with van der Waals surface area (Å²) < 4.78 is 82.6. The summed E-state index contributed by atoms with van der Waals surface area (Å²) in [6.07, 6.45) is 0. The molecule has 1 aromatic rings. The van der Waals surface area contributed by atoms with Crippen LogP contribution in [0, 0.1) is 5.82 Å². The standard InChI is InChI=1S/C11H14F4O4SSi/c1-18-8-6-5-7(12)10(21(2,3)4)9(8)19-20(16,17)11(13,14)15/h5-6H,1-4H3. The van der Waals surface area contributed by atoms with Crippen LogP contribution in [0.4, 0.5) is 17.6 Å². The summed E-state index contributed by atoms with van der Waals surface area (Å²) in [4.78, 5) is 0. The Morgan fingerprint density at radius 2 is 1.67 bits per heavy atom. The van der Waals surface area contributed by atoms with Gasteiger partial charge in [-0.1, -0.05) is 19.6 Å². The monoisotopic (exact) mass is 346 g/mol. The molecule has 0 aliphatic rings. The van der Waals surface area contributed by atoms with E-state index >= 15 is 0 Å². The fraction of sp³-hybridized carbons (Fsp3) is 0.455. The lowest BCUT2D eigenvalue weighted by Gasteiger charge is -2.23. The maximum absolute atomic E-state index is 14.0. The van der Waals surface area contributed by atoms with Gasteiger partial charge in [-0.15, -0.1) is 0 Å². The summed E-state index contributed by atoms with van der Waals surface area (Å²) in [5.41, 5.74) is -5.61. The topological polar surface area (TPSA) is 52.6 Å². The normalized spacial score (nSPS) is 13.1. The number of halogens is 4. The number of ether oxygens (including phenoxy) is 1. The molecule has 21 heavy (non-hydrogen) atoms. The van der Waals surface area contributed by atoms with E-state index in [0.717, 1.165) is 19.2 Å². The molecule has 0 heterocycles. The van der Waals surface area contributed by atoms with E-state index in [0.29, 0.717) is 0 Å². The van der Waals surface area contributed by atoms with E-state index in [-0.39, 0.29) is 10.9 Å². The highest BCUT2D eigenvalue weighted by Crippen LogP contribution is 2.33. The van der Waals surface area contributed by atoms with Crippen LogP contribution in [-0.2, 0) is 10.1 Å². The van der Waals surface area contributed by atoms with Crippen LogP contribution in [0.5, 0.6) is 11.5 Å². The molecule has 0 aliphatic carbocycles. The average Bonchev–Trinajstić information content (AvgIpc) is 2.25. The molecule has 0 saturated carbocycles. The maximum Gasteiger partial charge on any atom is 0.534 e. The van der Waals surface area contributed by atoms with Gasteiger partial charge in [0.1, 0.15) is 5.82 Å². The van der Waals surface area contributed by atoms with Crippen LogP contribution in [0.2, 0.25) is 19.6 Å². The Kier molecular flexibility index (Phi) is 4.64. The Hall–Kier alpha value is -1.29. The fourth-order valence-electron chi connectivity index (χ4n) is 1.64. The number of hydrogen-bond donors (Lipinski definition) is 0. The van der Waals surface area contributed by atoms with Crippen LogP contribution in [0.15, 0.2) is 12.1 Å². The first-order valence-corrected chi connectivity index (χ1v) is 10.6. The number of alkyl halides is 3. The van der Waals surface area contributed by atoms with Gasteiger partial charge in [-0.05, 0) is 12.1 Å². The van der Waals surface area contributed by atoms with Crippen LogP contribution >= 0.6 is 0 Å². The molecular formula is C11H14F4O4SSi. The summed E-state index contributed by atoms with van der Waals surface area (Å²) in [5.74, 6) is -1.85. The Morgan fingerprint density at radius 1 is 1.14 bits per heavy atom. The van der Waals surface area contributed by atoms with E-state index in [1.165, 1.54) is 0 Å². The predicted molar refractivity (Wildman–Crippen MR) is 71.5 cm³/mol. The molecule has 1 rings (SSSR count). The molecule has 0 N–H and O–H groups in total. The molecule has 0 amide bonds. The van der Waals surface area contributed by atoms with Crippen molar-refractivity contribution >= 4 is 23.4 Å². The summed E-state index contributed by atoms with van der Waals surface area (Å²) >= 11 is 0. The third-order valence-corrected chi connectivity index (χ3v) is 5.44. The lowest BCUT2D eigenvalue weighted by molar-refractivity contribution is -0.0500. The van der Waals surface area contributed by atoms with Crippen LogP contribution in [0.25, 0.3) is 0 Å². The number of rotatable bonds is 4. The fourth-order valence-corrected chi connectivity index (χ4v) is 3.85. The molecule has 0 atom stereocenters. The van der Waals surface area contributed by atoms with Crippen molar-refractivity contribution in [2.75, 3.05) is 7.11 Å². The lowest BCUT2D eigenvalue weighted by Crippen LogP contribution is -2.42. The van der Waals surface area contributed by atoms with E-state index in [2.05, 4.69) is 4.18 Å². The zero-order valence-corrected chi connectivity index (χ0v) is 13.5. The Labute approximate surface area is 120 Å². The van der Waals surface area contributed by atoms with Crippen molar-refractivity contribution in [2.24, 2.45) is 0 Å². The van der Waals surface area contributed by atoms with Crippen molar-refractivity contribution in [3.8, 4) is 11.5 Å². The van der Waals surface area contributed by atoms with Gasteiger partial charge in [-0.25, -0.2) is 4.39 Å². The Balaban J connectivity index is 3.58. The van der Waals surface area contributed by atoms with E-state index in [4.69, 9.17) is 4.74 Å². The largest absolute Gasteiger partial charge is 0.534 e. The smallest absolute Gasteiger partial charge is 0.493 e. The molecular weight excluding hydrogens is 332 g/mol. The van der Waals surface area contributed by atoms with Gasteiger partial charge in [-0.3, -0.25) is 0 Å². The van der Waals surface area contributed by atoms with E-state index < -0.39 is 35.3 Å².